The Morgan fingerprint density at radius 3 is 2.38 bits per heavy atom. The van der Waals surface area contributed by atoms with Crippen LogP contribution in [0.3, 0.4) is 0 Å². The zero-order chi connectivity index (χ0) is 15.4. The highest BCUT2D eigenvalue weighted by atomic mass is 16.4. The monoisotopic (exact) mass is 287 g/mol. The summed E-state index contributed by atoms with van der Waals surface area (Å²) in [6.45, 7) is 3.50. The first kappa shape index (κ1) is 14.8. The molecule has 0 saturated carbocycles. The van der Waals surface area contributed by atoms with Crippen molar-refractivity contribution in [3.63, 3.8) is 0 Å². The predicted molar refractivity (Wildman–Crippen MR) is 77.3 cm³/mol. The summed E-state index contributed by atoms with van der Waals surface area (Å²) in [5, 5.41) is 15.7. The second-order valence-electron chi connectivity index (χ2n) is 5.03. The molecule has 1 amide bonds. The Morgan fingerprint density at radius 1 is 1.24 bits per heavy atom. The van der Waals surface area contributed by atoms with Gasteiger partial charge in [-0.3, -0.25) is 4.79 Å². The highest BCUT2D eigenvalue weighted by Crippen LogP contribution is 2.10. The lowest BCUT2D eigenvalue weighted by atomic mass is 10.0. The van der Waals surface area contributed by atoms with Crippen LogP contribution in [0.15, 0.2) is 42.7 Å². The average molecular weight is 287 g/mol. The molecule has 1 unspecified atom stereocenters. The minimum atomic E-state index is -1.04. The Labute approximate surface area is 122 Å². The number of nitrogens with zero attached hydrogens (tertiary/aromatic N) is 2. The third-order valence-corrected chi connectivity index (χ3v) is 3.12. The van der Waals surface area contributed by atoms with Gasteiger partial charge in [-0.25, -0.2) is 9.48 Å². The molecule has 0 aliphatic heterocycles. The largest absolute Gasteiger partial charge is 0.480 e. The third kappa shape index (κ3) is 3.47. The van der Waals surface area contributed by atoms with Gasteiger partial charge in [-0.15, -0.1) is 0 Å². The number of aromatic nitrogens is 2. The van der Waals surface area contributed by atoms with Crippen molar-refractivity contribution in [1.82, 2.24) is 15.1 Å². The second-order valence-corrected chi connectivity index (χ2v) is 5.03. The highest BCUT2D eigenvalue weighted by Gasteiger charge is 2.23. The normalized spacial score (nSPS) is 12.1. The molecule has 1 heterocycles. The minimum absolute atomic E-state index is 0.185. The van der Waals surface area contributed by atoms with Crippen LogP contribution in [-0.2, 0) is 4.79 Å². The fraction of sp³-hybridized carbons (Fsp3) is 0.267. The molecular weight excluding hydrogens is 270 g/mol. The fourth-order valence-corrected chi connectivity index (χ4v) is 1.93. The first-order valence-electron chi connectivity index (χ1n) is 6.63. The molecule has 0 spiro atoms. The number of aliphatic carboxylic acids is 1. The Balaban J connectivity index is 2.11. The van der Waals surface area contributed by atoms with Crippen molar-refractivity contribution in [3.05, 3.63) is 48.3 Å². The van der Waals surface area contributed by atoms with Crippen LogP contribution in [0.1, 0.15) is 24.2 Å². The van der Waals surface area contributed by atoms with Gasteiger partial charge in [-0.05, 0) is 36.2 Å². The summed E-state index contributed by atoms with van der Waals surface area (Å²) in [7, 11) is 0. The zero-order valence-electron chi connectivity index (χ0n) is 11.9. The molecule has 1 aromatic carbocycles. The highest BCUT2D eigenvalue weighted by molar-refractivity contribution is 5.96. The van der Waals surface area contributed by atoms with Crippen LogP contribution in [-0.4, -0.2) is 32.8 Å². The predicted octanol–water partition coefficient (Wildman–Crippen LogP) is 1.71. The van der Waals surface area contributed by atoms with Gasteiger partial charge in [0.05, 0.1) is 5.69 Å². The average Bonchev–Trinajstić information content (AvgIpc) is 2.98. The van der Waals surface area contributed by atoms with Crippen LogP contribution < -0.4 is 5.32 Å². The molecule has 1 aromatic heterocycles. The molecule has 0 bridgehead atoms. The summed E-state index contributed by atoms with van der Waals surface area (Å²) in [6.07, 6.45) is 3.47. The van der Waals surface area contributed by atoms with Crippen LogP contribution in [0.2, 0.25) is 0 Å². The Hall–Kier alpha value is -2.63. The molecule has 0 aliphatic rings. The first-order chi connectivity index (χ1) is 9.99. The Bertz CT molecular complexity index is 618. The van der Waals surface area contributed by atoms with Gasteiger partial charge in [-0.1, -0.05) is 13.8 Å². The number of carboxylic acid groups (broad SMARTS) is 1. The van der Waals surface area contributed by atoms with Crippen molar-refractivity contribution in [1.29, 1.82) is 0 Å². The first-order valence-corrected chi connectivity index (χ1v) is 6.63. The molecule has 0 radical (unpaired) electrons. The summed E-state index contributed by atoms with van der Waals surface area (Å²) in [5.74, 6) is -1.62. The van der Waals surface area contributed by atoms with E-state index in [1.807, 2.05) is 0 Å². The van der Waals surface area contributed by atoms with Gasteiger partial charge in [0.1, 0.15) is 6.04 Å². The molecule has 0 fully saturated rings. The molecule has 110 valence electrons. The number of amides is 1. The maximum Gasteiger partial charge on any atom is 0.326 e. The van der Waals surface area contributed by atoms with E-state index in [4.69, 9.17) is 5.11 Å². The minimum Gasteiger partial charge on any atom is -0.480 e. The third-order valence-electron chi connectivity index (χ3n) is 3.12. The number of benzene rings is 1. The number of rotatable bonds is 5. The molecule has 2 aromatic rings. The molecule has 6 heteroatoms. The lowest BCUT2D eigenvalue weighted by Gasteiger charge is -2.17. The van der Waals surface area contributed by atoms with Crippen LogP contribution in [0.25, 0.3) is 5.69 Å². The standard InChI is InChI=1S/C15H17N3O3/c1-10(2)13(15(20)21)17-14(19)11-4-6-12(7-5-11)18-9-3-8-16-18/h3-10,13H,1-2H3,(H,17,19)(H,20,21). The van der Waals surface area contributed by atoms with E-state index in [0.29, 0.717) is 5.56 Å². The number of carboxylic acids is 1. The van der Waals surface area contributed by atoms with Crippen molar-refractivity contribution < 1.29 is 14.7 Å². The Morgan fingerprint density at radius 2 is 1.90 bits per heavy atom. The van der Waals surface area contributed by atoms with E-state index in [0.717, 1.165) is 5.69 Å². The van der Waals surface area contributed by atoms with Gasteiger partial charge >= 0.3 is 5.97 Å². The molecular formula is C15H17N3O3. The van der Waals surface area contributed by atoms with Crippen LogP contribution in [0.5, 0.6) is 0 Å². The van der Waals surface area contributed by atoms with Crippen LogP contribution in [0.4, 0.5) is 0 Å². The van der Waals surface area contributed by atoms with Gasteiger partial charge in [0.15, 0.2) is 0 Å². The number of carbonyl (C=O) groups is 2. The smallest absolute Gasteiger partial charge is 0.326 e. The molecule has 21 heavy (non-hydrogen) atoms. The van der Waals surface area contributed by atoms with E-state index < -0.39 is 17.9 Å². The van der Waals surface area contributed by atoms with Crippen molar-refractivity contribution in [2.45, 2.75) is 19.9 Å². The van der Waals surface area contributed by atoms with Gasteiger partial charge < -0.3 is 10.4 Å². The lowest BCUT2D eigenvalue weighted by Crippen LogP contribution is -2.44. The van der Waals surface area contributed by atoms with Crippen molar-refractivity contribution in [2.75, 3.05) is 0 Å². The summed E-state index contributed by atoms with van der Waals surface area (Å²) >= 11 is 0. The van der Waals surface area contributed by atoms with Crippen molar-refractivity contribution in [3.8, 4) is 5.69 Å². The van der Waals surface area contributed by atoms with Gasteiger partial charge in [0.2, 0.25) is 0 Å². The maximum absolute atomic E-state index is 12.1. The molecule has 2 N–H and O–H groups in total. The summed E-state index contributed by atoms with van der Waals surface area (Å²) < 4.78 is 1.68. The number of hydrogen-bond donors (Lipinski definition) is 2. The van der Waals surface area contributed by atoms with Crippen molar-refractivity contribution >= 4 is 11.9 Å². The van der Waals surface area contributed by atoms with E-state index >= 15 is 0 Å². The fourth-order valence-electron chi connectivity index (χ4n) is 1.93. The van der Waals surface area contributed by atoms with E-state index in [1.165, 1.54) is 0 Å². The molecule has 0 saturated heterocycles. The molecule has 0 aliphatic carbocycles. The van der Waals surface area contributed by atoms with E-state index in [1.54, 1.807) is 61.3 Å². The summed E-state index contributed by atoms with van der Waals surface area (Å²) in [6, 6.07) is 7.71. The summed E-state index contributed by atoms with van der Waals surface area (Å²) in [5.41, 5.74) is 1.24. The molecule has 2 rings (SSSR count). The van der Waals surface area contributed by atoms with E-state index in [2.05, 4.69) is 10.4 Å². The van der Waals surface area contributed by atoms with Crippen LogP contribution >= 0.6 is 0 Å². The maximum atomic E-state index is 12.1. The SMILES string of the molecule is CC(C)C(NC(=O)c1ccc(-n2cccn2)cc1)C(=O)O. The van der Waals surface area contributed by atoms with E-state index in [9.17, 15) is 9.59 Å². The van der Waals surface area contributed by atoms with Crippen molar-refractivity contribution in [2.24, 2.45) is 5.92 Å². The zero-order valence-corrected chi connectivity index (χ0v) is 11.9. The lowest BCUT2D eigenvalue weighted by molar-refractivity contribution is -0.140. The van der Waals surface area contributed by atoms with Crippen LogP contribution in [0, 0.1) is 5.92 Å². The van der Waals surface area contributed by atoms with Gasteiger partial charge in [-0.2, -0.15) is 5.10 Å². The van der Waals surface area contributed by atoms with Gasteiger partial charge in [0, 0.05) is 18.0 Å². The topological polar surface area (TPSA) is 84.2 Å². The summed E-state index contributed by atoms with van der Waals surface area (Å²) in [4.78, 5) is 23.2. The Kier molecular flexibility index (Phi) is 4.37. The number of nitrogens with one attached hydrogen (secondary N) is 1. The second kappa shape index (κ2) is 6.21. The quantitative estimate of drug-likeness (QED) is 0.876. The number of hydrogen-bond acceptors (Lipinski definition) is 3. The number of carbonyl (C=O) groups excluding carboxylic acids is 1. The molecule has 6 nitrogen and oxygen atoms in total. The van der Waals surface area contributed by atoms with E-state index in [-0.39, 0.29) is 5.92 Å². The van der Waals surface area contributed by atoms with Gasteiger partial charge in [0.25, 0.3) is 5.91 Å². The molecule has 1 atom stereocenters.